The Morgan fingerprint density at radius 2 is 1.66 bits per heavy atom. The van der Waals surface area contributed by atoms with Gasteiger partial charge in [0.25, 0.3) is 0 Å². The van der Waals surface area contributed by atoms with Crippen LogP contribution in [0.4, 0.5) is 0 Å². The number of carboxylic acid groups (broad SMARTS) is 1. The topological polar surface area (TPSA) is 114 Å². The second kappa shape index (κ2) is 10.4. The fourth-order valence-corrected chi connectivity index (χ4v) is 4.18. The average Bonchev–Trinajstić information content (AvgIpc) is 2.74. The SMILES string of the molecule is N[C@@H](Cc1ccc(CC(O)c2c(Cl)cccc2Cl)c(C(=O)c2cccnc2Cl)c1)C(=O)O. The van der Waals surface area contributed by atoms with E-state index in [1.165, 1.54) is 6.20 Å². The number of hydrogen-bond donors (Lipinski definition) is 3. The van der Waals surface area contributed by atoms with E-state index in [1.807, 2.05) is 0 Å². The quantitative estimate of drug-likeness (QED) is 0.314. The molecule has 166 valence electrons. The molecule has 0 saturated carbocycles. The Hall–Kier alpha value is -2.48. The van der Waals surface area contributed by atoms with E-state index in [0.29, 0.717) is 26.7 Å². The lowest BCUT2D eigenvalue weighted by Gasteiger charge is -2.18. The van der Waals surface area contributed by atoms with Crippen molar-refractivity contribution in [2.24, 2.45) is 5.73 Å². The van der Waals surface area contributed by atoms with Crippen LogP contribution in [-0.2, 0) is 17.6 Å². The van der Waals surface area contributed by atoms with E-state index in [2.05, 4.69) is 4.98 Å². The second-order valence-corrected chi connectivity index (χ2v) is 8.34. The predicted molar refractivity (Wildman–Crippen MR) is 124 cm³/mol. The van der Waals surface area contributed by atoms with Crippen molar-refractivity contribution in [2.45, 2.75) is 25.0 Å². The first-order chi connectivity index (χ1) is 15.2. The van der Waals surface area contributed by atoms with Crippen LogP contribution in [0.5, 0.6) is 0 Å². The molecule has 0 amide bonds. The lowest BCUT2D eigenvalue weighted by molar-refractivity contribution is -0.138. The van der Waals surface area contributed by atoms with Crippen LogP contribution in [0.25, 0.3) is 0 Å². The molecule has 2 atom stereocenters. The van der Waals surface area contributed by atoms with Gasteiger partial charge in [-0.2, -0.15) is 0 Å². The molecule has 2 aromatic carbocycles. The van der Waals surface area contributed by atoms with E-state index in [4.69, 9.17) is 45.6 Å². The Morgan fingerprint density at radius 1 is 0.969 bits per heavy atom. The maximum absolute atomic E-state index is 13.3. The second-order valence-electron chi connectivity index (χ2n) is 7.17. The van der Waals surface area contributed by atoms with Crippen LogP contribution < -0.4 is 5.73 Å². The summed E-state index contributed by atoms with van der Waals surface area (Å²) in [4.78, 5) is 28.4. The lowest BCUT2D eigenvalue weighted by atomic mass is 9.91. The first kappa shape index (κ1) is 24.2. The third-order valence-corrected chi connectivity index (χ3v) is 5.90. The van der Waals surface area contributed by atoms with Gasteiger partial charge in [0, 0.05) is 33.8 Å². The molecule has 0 saturated heterocycles. The van der Waals surface area contributed by atoms with Crippen molar-refractivity contribution in [2.75, 3.05) is 0 Å². The van der Waals surface area contributed by atoms with Crippen molar-refractivity contribution in [3.05, 3.63) is 97.7 Å². The Balaban J connectivity index is 2.03. The van der Waals surface area contributed by atoms with E-state index in [9.17, 15) is 14.7 Å². The van der Waals surface area contributed by atoms with Crippen LogP contribution >= 0.6 is 34.8 Å². The number of aromatic nitrogens is 1. The molecular weight excluding hydrogens is 475 g/mol. The number of benzene rings is 2. The number of aliphatic hydroxyl groups excluding tert-OH is 1. The van der Waals surface area contributed by atoms with Crippen LogP contribution in [0.15, 0.2) is 54.7 Å². The minimum atomic E-state index is -1.15. The smallest absolute Gasteiger partial charge is 0.320 e. The summed E-state index contributed by atoms with van der Waals surface area (Å²) in [5.41, 5.74) is 7.49. The number of carboxylic acids is 1. The zero-order valence-corrected chi connectivity index (χ0v) is 18.9. The highest BCUT2D eigenvalue weighted by Crippen LogP contribution is 2.33. The van der Waals surface area contributed by atoms with Crippen molar-refractivity contribution in [1.82, 2.24) is 4.98 Å². The summed E-state index contributed by atoms with van der Waals surface area (Å²) in [7, 11) is 0. The standard InChI is InChI=1S/C23H19Cl3N2O4/c24-16-4-1-5-17(25)20(16)19(29)11-13-7-6-12(10-18(27)23(31)32)9-15(13)21(30)14-3-2-8-28-22(14)26/h1-9,18-19,29H,10-11,27H2,(H,31,32)/t18-,19?/m0/s1. The van der Waals surface area contributed by atoms with Gasteiger partial charge in [0.05, 0.1) is 11.7 Å². The Morgan fingerprint density at radius 3 is 2.28 bits per heavy atom. The number of pyridine rings is 1. The van der Waals surface area contributed by atoms with E-state index >= 15 is 0 Å². The van der Waals surface area contributed by atoms with Crippen LogP contribution in [-0.4, -0.2) is 33.0 Å². The van der Waals surface area contributed by atoms with Crippen molar-refractivity contribution < 1.29 is 19.8 Å². The summed E-state index contributed by atoms with van der Waals surface area (Å²) >= 11 is 18.5. The van der Waals surface area contributed by atoms with E-state index in [1.54, 1.807) is 48.5 Å². The molecule has 32 heavy (non-hydrogen) atoms. The van der Waals surface area contributed by atoms with Gasteiger partial charge in [-0.15, -0.1) is 0 Å². The van der Waals surface area contributed by atoms with Gasteiger partial charge >= 0.3 is 5.97 Å². The number of ketones is 1. The highest BCUT2D eigenvalue weighted by molar-refractivity contribution is 6.36. The minimum Gasteiger partial charge on any atom is -0.480 e. The van der Waals surface area contributed by atoms with E-state index in [0.717, 1.165) is 0 Å². The molecule has 0 spiro atoms. The highest BCUT2D eigenvalue weighted by atomic mass is 35.5. The van der Waals surface area contributed by atoms with Gasteiger partial charge in [-0.05, 0) is 47.9 Å². The van der Waals surface area contributed by atoms with Crippen LogP contribution in [0.2, 0.25) is 15.2 Å². The molecule has 0 bridgehead atoms. The largest absolute Gasteiger partial charge is 0.480 e. The molecule has 1 heterocycles. The molecule has 3 rings (SSSR count). The maximum atomic E-state index is 13.3. The number of nitrogens with two attached hydrogens (primary N) is 1. The number of nitrogens with zero attached hydrogens (tertiary/aromatic N) is 1. The normalized spacial score (nSPS) is 12.9. The summed E-state index contributed by atoms with van der Waals surface area (Å²) in [5.74, 6) is -1.57. The zero-order chi connectivity index (χ0) is 23.4. The summed E-state index contributed by atoms with van der Waals surface area (Å²) < 4.78 is 0. The van der Waals surface area contributed by atoms with Gasteiger partial charge < -0.3 is 15.9 Å². The van der Waals surface area contributed by atoms with Crippen LogP contribution in [0.3, 0.4) is 0 Å². The number of carbonyl (C=O) groups excluding carboxylic acids is 1. The maximum Gasteiger partial charge on any atom is 0.320 e. The van der Waals surface area contributed by atoms with Crippen LogP contribution in [0, 0.1) is 0 Å². The molecule has 6 nitrogen and oxygen atoms in total. The summed E-state index contributed by atoms with van der Waals surface area (Å²) in [6, 6.07) is 11.8. The van der Waals surface area contributed by atoms with Gasteiger partial charge in [0.1, 0.15) is 11.2 Å². The Labute approximate surface area is 199 Å². The van der Waals surface area contributed by atoms with Gasteiger partial charge in [-0.1, -0.05) is 53.0 Å². The van der Waals surface area contributed by atoms with Crippen molar-refractivity contribution in [3.8, 4) is 0 Å². The fourth-order valence-electron chi connectivity index (χ4n) is 3.32. The predicted octanol–water partition coefficient (Wildman–Crippen LogP) is 4.50. The average molecular weight is 494 g/mol. The molecule has 4 N–H and O–H groups in total. The van der Waals surface area contributed by atoms with E-state index in [-0.39, 0.29) is 29.1 Å². The molecular formula is C23H19Cl3N2O4. The zero-order valence-electron chi connectivity index (χ0n) is 16.6. The number of aliphatic hydroxyl groups is 1. The molecule has 0 aliphatic rings. The first-order valence-electron chi connectivity index (χ1n) is 9.56. The fraction of sp³-hybridized carbons (Fsp3) is 0.174. The number of rotatable bonds is 8. The van der Waals surface area contributed by atoms with E-state index < -0.39 is 23.9 Å². The Kier molecular flexibility index (Phi) is 7.87. The van der Waals surface area contributed by atoms with Crippen molar-refractivity contribution >= 4 is 46.6 Å². The van der Waals surface area contributed by atoms with Gasteiger partial charge in [-0.3, -0.25) is 9.59 Å². The Bertz CT molecular complexity index is 1150. The van der Waals surface area contributed by atoms with Gasteiger partial charge in [-0.25, -0.2) is 4.98 Å². The monoisotopic (exact) mass is 492 g/mol. The molecule has 0 radical (unpaired) electrons. The lowest BCUT2D eigenvalue weighted by Crippen LogP contribution is -2.32. The number of aliphatic carboxylic acids is 1. The number of halogens is 3. The van der Waals surface area contributed by atoms with Gasteiger partial charge in [0.15, 0.2) is 5.78 Å². The molecule has 9 heteroatoms. The molecule has 0 aliphatic heterocycles. The summed E-state index contributed by atoms with van der Waals surface area (Å²) in [6.07, 6.45) is 0.439. The number of carbonyl (C=O) groups is 2. The minimum absolute atomic E-state index is 0.0234. The highest BCUT2D eigenvalue weighted by Gasteiger charge is 2.23. The van der Waals surface area contributed by atoms with Crippen LogP contribution in [0.1, 0.15) is 38.7 Å². The summed E-state index contributed by atoms with van der Waals surface area (Å²) in [6.45, 7) is 0. The van der Waals surface area contributed by atoms with Crippen molar-refractivity contribution in [1.29, 1.82) is 0 Å². The molecule has 1 unspecified atom stereocenters. The van der Waals surface area contributed by atoms with Gasteiger partial charge in [0.2, 0.25) is 0 Å². The third kappa shape index (κ3) is 5.46. The summed E-state index contributed by atoms with van der Waals surface area (Å²) in [5, 5.41) is 20.6. The molecule has 1 aromatic heterocycles. The third-order valence-electron chi connectivity index (χ3n) is 4.94. The number of hydrogen-bond acceptors (Lipinski definition) is 5. The van der Waals surface area contributed by atoms with Crippen molar-refractivity contribution in [3.63, 3.8) is 0 Å². The molecule has 0 aliphatic carbocycles. The first-order valence-corrected chi connectivity index (χ1v) is 10.7. The molecule has 3 aromatic rings. The molecule has 0 fully saturated rings.